The van der Waals surface area contributed by atoms with Crippen LogP contribution >= 0.6 is 0 Å². The molecule has 1 fully saturated rings. The van der Waals surface area contributed by atoms with E-state index < -0.39 is 6.04 Å². The number of ether oxygens (including phenoxy) is 1. The standard InChI is InChI=1S/C27H35FN4O4/c1-27(2,3)18-25(33)31(11-10-30-12-15-35-16-13-30)19-26(34)32-23(24-5-4-14-36-24)17-22(29-32)20-6-8-21(28)9-7-20/h4-9,14,23H,10-13,15-19H2,1-3H3/t23-/m1/s1. The molecule has 0 bridgehead atoms. The van der Waals surface area contributed by atoms with Crippen molar-refractivity contribution in [2.45, 2.75) is 39.7 Å². The van der Waals surface area contributed by atoms with E-state index in [9.17, 15) is 14.0 Å². The van der Waals surface area contributed by atoms with E-state index in [0.29, 0.717) is 50.6 Å². The average Bonchev–Trinajstić information content (AvgIpc) is 3.52. The van der Waals surface area contributed by atoms with Crippen molar-refractivity contribution >= 4 is 17.5 Å². The van der Waals surface area contributed by atoms with Crippen LogP contribution < -0.4 is 0 Å². The van der Waals surface area contributed by atoms with E-state index in [2.05, 4.69) is 10.0 Å². The molecule has 1 atom stereocenters. The minimum absolute atomic E-state index is 0.0550. The van der Waals surface area contributed by atoms with Crippen LogP contribution in [0.5, 0.6) is 0 Å². The highest BCUT2D eigenvalue weighted by atomic mass is 19.1. The van der Waals surface area contributed by atoms with Crippen LogP contribution in [0.15, 0.2) is 52.2 Å². The second-order valence-corrected chi connectivity index (χ2v) is 10.5. The molecule has 1 aromatic carbocycles. The molecule has 3 heterocycles. The van der Waals surface area contributed by atoms with Gasteiger partial charge in [0.15, 0.2) is 0 Å². The van der Waals surface area contributed by atoms with Crippen LogP contribution in [0.3, 0.4) is 0 Å². The van der Waals surface area contributed by atoms with Gasteiger partial charge in [0.25, 0.3) is 5.91 Å². The highest BCUT2D eigenvalue weighted by Crippen LogP contribution is 2.33. The summed E-state index contributed by atoms with van der Waals surface area (Å²) in [5.74, 6) is -0.0513. The lowest BCUT2D eigenvalue weighted by molar-refractivity contribution is -0.143. The fourth-order valence-corrected chi connectivity index (χ4v) is 4.44. The molecular formula is C27H35FN4O4. The van der Waals surface area contributed by atoms with Crippen molar-refractivity contribution in [2.24, 2.45) is 10.5 Å². The quantitative estimate of drug-likeness (QED) is 0.555. The number of furan rings is 1. The number of carbonyl (C=O) groups is 2. The SMILES string of the molecule is CC(C)(C)CC(=O)N(CCN1CCOCC1)CC(=O)N1N=C(c2ccc(F)cc2)C[C@@H]1c1ccco1. The first-order valence-corrected chi connectivity index (χ1v) is 12.5. The number of hydrogen-bond acceptors (Lipinski definition) is 6. The Morgan fingerprint density at radius 1 is 1.14 bits per heavy atom. The van der Waals surface area contributed by atoms with Crippen molar-refractivity contribution in [1.82, 2.24) is 14.8 Å². The molecule has 2 aromatic rings. The monoisotopic (exact) mass is 498 g/mol. The maximum Gasteiger partial charge on any atom is 0.262 e. The van der Waals surface area contributed by atoms with E-state index in [1.807, 2.05) is 26.8 Å². The number of rotatable bonds is 8. The minimum atomic E-state index is -0.425. The Hall–Kier alpha value is -3.04. The molecule has 0 aliphatic carbocycles. The molecule has 36 heavy (non-hydrogen) atoms. The lowest BCUT2D eigenvalue weighted by atomic mass is 9.91. The van der Waals surface area contributed by atoms with E-state index in [4.69, 9.17) is 9.15 Å². The topological polar surface area (TPSA) is 78.6 Å². The number of halogens is 1. The highest BCUT2D eigenvalue weighted by Gasteiger charge is 2.36. The van der Waals surface area contributed by atoms with Crippen LogP contribution in [0.2, 0.25) is 0 Å². The summed E-state index contributed by atoms with van der Waals surface area (Å²) in [6.07, 6.45) is 2.35. The van der Waals surface area contributed by atoms with Crippen LogP contribution in [0, 0.1) is 11.2 Å². The lowest BCUT2D eigenvalue weighted by Crippen LogP contribution is -2.47. The van der Waals surface area contributed by atoms with Crippen molar-refractivity contribution in [2.75, 3.05) is 45.9 Å². The van der Waals surface area contributed by atoms with Crippen molar-refractivity contribution in [1.29, 1.82) is 0 Å². The van der Waals surface area contributed by atoms with Gasteiger partial charge in [0.1, 0.15) is 24.2 Å². The molecule has 0 unspecified atom stereocenters. The van der Waals surface area contributed by atoms with Crippen LogP contribution in [-0.4, -0.2) is 78.3 Å². The van der Waals surface area contributed by atoms with Gasteiger partial charge >= 0.3 is 0 Å². The Labute approximate surface area is 211 Å². The number of hydrogen-bond donors (Lipinski definition) is 0. The van der Waals surface area contributed by atoms with E-state index in [0.717, 1.165) is 18.7 Å². The highest BCUT2D eigenvalue weighted by molar-refractivity contribution is 6.03. The Bertz CT molecular complexity index is 1060. The number of hydrazone groups is 1. The Morgan fingerprint density at radius 3 is 2.50 bits per heavy atom. The zero-order chi connectivity index (χ0) is 25.7. The molecule has 194 valence electrons. The summed E-state index contributed by atoms with van der Waals surface area (Å²) >= 11 is 0. The number of amides is 2. The number of nitrogens with zero attached hydrogens (tertiary/aromatic N) is 4. The van der Waals surface area contributed by atoms with Gasteiger partial charge in [-0.15, -0.1) is 0 Å². The van der Waals surface area contributed by atoms with Gasteiger partial charge in [0, 0.05) is 39.0 Å². The molecule has 1 saturated heterocycles. The molecular weight excluding hydrogens is 463 g/mol. The van der Waals surface area contributed by atoms with Gasteiger partial charge in [-0.05, 0) is 35.2 Å². The molecule has 1 aromatic heterocycles. The first kappa shape index (κ1) is 26.0. The molecule has 2 amide bonds. The van der Waals surface area contributed by atoms with Crippen molar-refractivity contribution in [3.8, 4) is 0 Å². The summed E-state index contributed by atoms with van der Waals surface area (Å²) in [5, 5.41) is 6.04. The van der Waals surface area contributed by atoms with E-state index >= 15 is 0 Å². The van der Waals surface area contributed by atoms with Gasteiger partial charge < -0.3 is 14.1 Å². The first-order chi connectivity index (χ1) is 17.2. The van der Waals surface area contributed by atoms with Gasteiger partial charge in [0.05, 0.1) is 25.2 Å². The van der Waals surface area contributed by atoms with Gasteiger partial charge in [0.2, 0.25) is 5.91 Å². The summed E-state index contributed by atoms with van der Waals surface area (Å²) in [4.78, 5) is 30.7. The summed E-state index contributed by atoms with van der Waals surface area (Å²) in [7, 11) is 0. The molecule has 2 aliphatic heterocycles. The van der Waals surface area contributed by atoms with Gasteiger partial charge in [-0.3, -0.25) is 14.5 Å². The van der Waals surface area contributed by atoms with Crippen molar-refractivity contribution in [3.63, 3.8) is 0 Å². The number of morpholine rings is 1. The van der Waals surface area contributed by atoms with Crippen molar-refractivity contribution in [3.05, 3.63) is 59.8 Å². The molecule has 0 spiro atoms. The fourth-order valence-electron chi connectivity index (χ4n) is 4.44. The van der Waals surface area contributed by atoms with E-state index in [1.54, 1.807) is 29.4 Å². The second-order valence-electron chi connectivity index (χ2n) is 10.5. The van der Waals surface area contributed by atoms with Crippen molar-refractivity contribution < 1.29 is 23.1 Å². The van der Waals surface area contributed by atoms with E-state index in [1.165, 1.54) is 17.1 Å². The van der Waals surface area contributed by atoms with Crippen LogP contribution in [0.1, 0.15) is 51.0 Å². The predicted octanol–water partition coefficient (Wildman–Crippen LogP) is 3.69. The Balaban J connectivity index is 1.53. The maximum absolute atomic E-state index is 13.6. The Kier molecular flexibility index (Phi) is 8.21. The Morgan fingerprint density at radius 2 is 1.86 bits per heavy atom. The third kappa shape index (κ3) is 6.79. The lowest BCUT2D eigenvalue weighted by Gasteiger charge is -2.32. The van der Waals surface area contributed by atoms with Gasteiger partial charge in [-0.1, -0.05) is 32.9 Å². The average molecular weight is 499 g/mol. The molecule has 0 radical (unpaired) electrons. The fraction of sp³-hybridized carbons (Fsp3) is 0.519. The van der Waals surface area contributed by atoms with Crippen LogP contribution in [0.4, 0.5) is 4.39 Å². The summed E-state index contributed by atoms with van der Waals surface area (Å²) in [5.41, 5.74) is 1.22. The molecule has 8 nitrogen and oxygen atoms in total. The molecule has 9 heteroatoms. The first-order valence-electron chi connectivity index (χ1n) is 12.5. The largest absolute Gasteiger partial charge is 0.467 e. The molecule has 0 saturated carbocycles. The minimum Gasteiger partial charge on any atom is -0.467 e. The molecule has 2 aliphatic rings. The zero-order valence-electron chi connectivity index (χ0n) is 21.3. The third-order valence-corrected chi connectivity index (χ3v) is 6.37. The third-order valence-electron chi connectivity index (χ3n) is 6.37. The summed E-state index contributed by atoms with van der Waals surface area (Å²) < 4.78 is 24.5. The summed E-state index contributed by atoms with van der Waals surface area (Å²) in [6, 6.07) is 9.23. The van der Waals surface area contributed by atoms with Crippen LogP contribution in [-0.2, 0) is 14.3 Å². The van der Waals surface area contributed by atoms with Crippen LogP contribution in [0.25, 0.3) is 0 Å². The summed E-state index contributed by atoms with van der Waals surface area (Å²) in [6.45, 7) is 10.1. The normalized spacial score (nSPS) is 18.8. The molecule has 0 N–H and O–H groups in total. The number of benzene rings is 1. The zero-order valence-corrected chi connectivity index (χ0v) is 21.3. The molecule has 4 rings (SSSR count). The van der Waals surface area contributed by atoms with E-state index in [-0.39, 0.29) is 29.6 Å². The number of carbonyl (C=O) groups excluding carboxylic acids is 2. The van der Waals surface area contributed by atoms with Gasteiger partial charge in [-0.2, -0.15) is 5.10 Å². The second kappa shape index (κ2) is 11.3. The smallest absolute Gasteiger partial charge is 0.262 e. The predicted molar refractivity (Wildman–Crippen MR) is 134 cm³/mol. The van der Waals surface area contributed by atoms with Gasteiger partial charge in [-0.25, -0.2) is 9.40 Å². The maximum atomic E-state index is 13.6.